The molecule has 1 aliphatic rings. The summed E-state index contributed by atoms with van der Waals surface area (Å²) in [4.78, 5) is 26.1. The van der Waals surface area contributed by atoms with Gasteiger partial charge in [-0.15, -0.1) is 11.3 Å². The van der Waals surface area contributed by atoms with Gasteiger partial charge in [-0.3, -0.25) is 4.79 Å². The number of fused-ring (bicyclic) bond motifs is 1. The van der Waals surface area contributed by atoms with Gasteiger partial charge in [-0.05, 0) is 62.1 Å². The number of hydrogen-bond donors (Lipinski definition) is 1. The number of benzene rings is 1. The van der Waals surface area contributed by atoms with E-state index in [1.165, 1.54) is 21.8 Å². The van der Waals surface area contributed by atoms with Crippen LogP contribution in [-0.4, -0.2) is 18.0 Å². The average molecular weight is 394 g/mol. The Morgan fingerprint density at radius 2 is 2.00 bits per heavy atom. The molecule has 0 aliphatic heterocycles. The number of carbonyl (C=O) groups excluding carboxylic acids is 2. The number of hydrogen-bond acceptors (Lipinski definition) is 4. The highest BCUT2D eigenvalue weighted by Gasteiger charge is 2.23. The zero-order valence-electron chi connectivity index (χ0n) is 12.6. The Balaban J connectivity index is 1.58. The van der Waals surface area contributed by atoms with Gasteiger partial charge in [0.25, 0.3) is 5.91 Å². The van der Waals surface area contributed by atoms with Crippen molar-refractivity contribution in [1.29, 1.82) is 0 Å². The molecule has 120 valence electrons. The molecule has 1 heterocycles. The Labute approximate surface area is 147 Å². The summed E-state index contributed by atoms with van der Waals surface area (Å²) in [6.45, 7) is 1.58. The minimum absolute atomic E-state index is 0.343. The first-order chi connectivity index (χ1) is 11.0. The van der Waals surface area contributed by atoms with Crippen LogP contribution in [0.25, 0.3) is 0 Å². The van der Waals surface area contributed by atoms with Gasteiger partial charge < -0.3 is 10.1 Å². The zero-order valence-corrected chi connectivity index (χ0v) is 15.0. The van der Waals surface area contributed by atoms with Gasteiger partial charge in [-0.25, -0.2) is 4.79 Å². The summed E-state index contributed by atoms with van der Waals surface area (Å²) in [5, 5.41) is 2.73. The highest BCUT2D eigenvalue weighted by Crippen LogP contribution is 2.31. The molecule has 1 aliphatic carbocycles. The molecule has 0 fully saturated rings. The summed E-state index contributed by atoms with van der Waals surface area (Å²) < 4.78 is 6.21. The maximum Gasteiger partial charge on any atom is 0.349 e. The number of nitrogens with one attached hydrogen (secondary N) is 1. The standard InChI is InChI=1S/C17H16BrNO3S/c1-10(16(20)19-13-7-5-12(18)6-8-13)22-17(21)15-9-11-3-2-4-14(11)23-15/h5-10H,2-4H2,1H3,(H,19,20). The molecule has 1 aromatic heterocycles. The predicted octanol–water partition coefficient (Wildman–Crippen LogP) is 4.18. The van der Waals surface area contributed by atoms with Gasteiger partial charge in [0.2, 0.25) is 0 Å². The Morgan fingerprint density at radius 1 is 1.26 bits per heavy atom. The van der Waals surface area contributed by atoms with Gasteiger partial charge in [0.05, 0.1) is 0 Å². The van der Waals surface area contributed by atoms with Crippen molar-refractivity contribution in [3.8, 4) is 0 Å². The van der Waals surface area contributed by atoms with Crippen molar-refractivity contribution in [2.45, 2.75) is 32.3 Å². The van der Waals surface area contributed by atoms with E-state index in [1.807, 2.05) is 18.2 Å². The number of anilines is 1. The smallest absolute Gasteiger partial charge is 0.349 e. The number of amides is 1. The second kappa shape index (κ2) is 6.84. The second-order valence-corrected chi connectivity index (χ2v) is 7.51. The van der Waals surface area contributed by atoms with Gasteiger partial charge in [-0.2, -0.15) is 0 Å². The van der Waals surface area contributed by atoms with Crippen molar-refractivity contribution in [1.82, 2.24) is 0 Å². The molecule has 6 heteroatoms. The van der Waals surface area contributed by atoms with E-state index in [9.17, 15) is 9.59 Å². The van der Waals surface area contributed by atoms with Crippen LogP contribution in [0.2, 0.25) is 0 Å². The Hall–Kier alpha value is -1.66. The molecule has 1 N–H and O–H groups in total. The minimum Gasteiger partial charge on any atom is -0.448 e. The molecule has 1 aromatic carbocycles. The van der Waals surface area contributed by atoms with Gasteiger partial charge in [0, 0.05) is 15.0 Å². The quantitative estimate of drug-likeness (QED) is 0.792. The molecule has 1 atom stereocenters. The van der Waals surface area contributed by atoms with E-state index in [2.05, 4.69) is 21.2 Å². The molecule has 1 amide bonds. The number of ether oxygens (including phenoxy) is 1. The maximum absolute atomic E-state index is 12.2. The largest absolute Gasteiger partial charge is 0.448 e. The molecular weight excluding hydrogens is 378 g/mol. The lowest BCUT2D eigenvalue weighted by atomic mass is 10.2. The topological polar surface area (TPSA) is 55.4 Å². The molecule has 0 radical (unpaired) electrons. The van der Waals surface area contributed by atoms with Crippen molar-refractivity contribution in [2.75, 3.05) is 5.32 Å². The van der Waals surface area contributed by atoms with Gasteiger partial charge >= 0.3 is 5.97 Å². The number of carbonyl (C=O) groups is 2. The molecule has 1 unspecified atom stereocenters. The van der Waals surface area contributed by atoms with Crippen LogP contribution in [-0.2, 0) is 22.4 Å². The third kappa shape index (κ3) is 3.82. The molecule has 0 bridgehead atoms. The molecule has 4 nitrogen and oxygen atoms in total. The summed E-state index contributed by atoms with van der Waals surface area (Å²) in [7, 11) is 0. The third-order valence-electron chi connectivity index (χ3n) is 3.71. The summed E-state index contributed by atoms with van der Waals surface area (Å²) in [6, 6.07) is 9.12. The minimum atomic E-state index is -0.844. The van der Waals surface area contributed by atoms with E-state index >= 15 is 0 Å². The Bertz CT molecular complexity index is 717. The molecule has 2 aromatic rings. The molecule has 0 saturated heterocycles. The van der Waals surface area contributed by atoms with Crippen molar-refractivity contribution in [2.24, 2.45) is 0 Å². The van der Waals surface area contributed by atoms with E-state index in [4.69, 9.17) is 4.74 Å². The summed E-state index contributed by atoms with van der Waals surface area (Å²) in [5.74, 6) is -0.771. The van der Waals surface area contributed by atoms with Crippen LogP contribution in [0, 0.1) is 0 Å². The SMILES string of the molecule is CC(OC(=O)c1cc2c(s1)CCC2)C(=O)Nc1ccc(Br)cc1. The van der Waals surface area contributed by atoms with Crippen LogP contribution in [0.1, 0.15) is 33.5 Å². The van der Waals surface area contributed by atoms with E-state index in [1.54, 1.807) is 19.1 Å². The van der Waals surface area contributed by atoms with E-state index < -0.39 is 12.1 Å². The molecule has 3 rings (SSSR count). The van der Waals surface area contributed by atoms with Gasteiger partial charge in [0.1, 0.15) is 4.88 Å². The number of rotatable bonds is 4. The fraction of sp³-hybridized carbons (Fsp3) is 0.294. The van der Waals surface area contributed by atoms with E-state index in [0.29, 0.717) is 10.6 Å². The van der Waals surface area contributed by atoms with Crippen molar-refractivity contribution in [3.63, 3.8) is 0 Å². The van der Waals surface area contributed by atoms with Crippen LogP contribution >= 0.6 is 27.3 Å². The first-order valence-corrected chi connectivity index (χ1v) is 9.03. The van der Waals surface area contributed by atoms with Crippen molar-refractivity contribution >= 4 is 44.8 Å². The maximum atomic E-state index is 12.2. The van der Waals surface area contributed by atoms with Gasteiger partial charge in [0.15, 0.2) is 6.10 Å². The molecule has 23 heavy (non-hydrogen) atoms. The normalized spacial score (nSPS) is 14.2. The van der Waals surface area contributed by atoms with Crippen LogP contribution < -0.4 is 5.32 Å². The number of esters is 1. The lowest BCUT2D eigenvalue weighted by Gasteiger charge is -2.13. The van der Waals surface area contributed by atoms with Crippen molar-refractivity contribution in [3.05, 3.63) is 50.1 Å². The molecule has 0 spiro atoms. The highest BCUT2D eigenvalue weighted by atomic mass is 79.9. The monoisotopic (exact) mass is 393 g/mol. The molecular formula is C17H16BrNO3S. The van der Waals surface area contributed by atoms with E-state index in [0.717, 1.165) is 23.7 Å². The Kier molecular flexibility index (Phi) is 4.82. The predicted molar refractivity (Wildman–Crippen MR) is 94.0 cm³/mol. The fourth-order valence-electron chi connectivity index (χ4n) is 2.48. The van der Waals surface area contributed by atoms with Crippen molar-refractivity contribution < 1.29 is 14.3 Å². The van der Waals surface area contributed by atoms with Crippen LogP contribution in [0.3, 0.4) is 0 Å². The third-order valence-corrected chi connectivity index (χ3v) is 5.46. The summed E-state index contributed by atoms with van der Waals surface area (Å²) >= 11 is 4.81. The van der Waals surface area contributed by atoms with E-state index in [-0.39, 0.29) is 5.91 Å². The number of halogens is 1. The zero-order chi connectivity index (χ0) is 16.4. The lowest BCUT2D eigenvalue weighted by Crippen LogP contribution is -2.29. The lowest BCUT2D eigenvalue weighted by molar-refractivity contribution is -0.123. The summed E-state index contributed by atoms with van der Waals surface area (Å²) in [6.07, 6.45) is 2.37. The summed E-state index contributed by atoms with van der Waals surface area (Å²) in [5.41, 5.74) is 1.91. The fourth-order valence-corrected chi connectivity index (χ4v) is 3.88. The van der Waals surface area contributed by atoms with Crippen LogP contribution in [0.5, 0.6) is 0 Å². The number of aryl methyl sites for hydroxylation is 2. The second-order valence-electron chi connectivity index (χ2n) is 5.46. The Morgan fingerprint density at radius 3 is 2.70 bits per heavy atom. The van der Waals surface area contributed by atoms with Gasteiger partial charge in [-0.1, -0.05) is 15.9 Å². The average Bonchev–Trinajstić information content (AvgIpc) is 3.10. The van der Waals surface area contributed by atoms with Crippen LogP contribution in [0.4, 0.5) is 5.69 Å². The number of thiophene rings is 1. The first-order valence-electron chi connectivity index (χ1n) is 7.42. The first kappa shape index (κ1) is 16.2. The van der Waals surface area contributed by atoms with Crippen LogP contribution in [0.15, 0.2) is 34.8 Å². The molecule has 0 saturated carbocycles. The highest BCUT2D eigenvalue weighted by molar-refractivity contribution is 9.10.